The summed E-state index contributed by atoms with van der Waals surface area (Å²) in [5.41, 5.74) is 5.30. The van der Waals surface area contributed by atoms with E-state index >= 15 is 0 Å². The molecule has 0 aliphatic carbocycles. The van der Waals surface area contributed by atoms with E-state index in [2.05, 4.69) is 5.32 Å². The standard InChI is InChI=1S/C6H12N2OS2/c7-6(10)8-5-1-3-11(9)4-2-5/h5H,1-4H2,(H3,7,8,10). The van der Waals surface area contributed by atoms with Gasteiger partial charge in [0.25, 0.3) is 0 Å². The first-order valence-electron chi connectivity index (χ1n) is 3.59. The Bertz CT molecular complexity index is 173. The van der Waals surface area contributed by atoms with Gasteiger partial charge in [0.15, 0.2) is 5.11 Å². The van der Waals surface area contributed by atoms with Crippen LogP contribution in [0.25, 0.3) is 0 Å². The molecule has 0 spiro atoms. The predicted octanol–water partition coefficient (Wildman–Crippen LogP) is -0.269. The van der Waals surface area contributed by atoms with Gasteiger partial charge in [0, 0.05) is 28.3 Å². The van der Waals surface area contributed by atoms with E-state index in [1.165, 1.54) is 0 Å². The fourth-order valence-corrected chi connectivity index (χ4v) is 2.60. The van der Waals surface area contributed by atoms with Crippen LogP contribution in [0.2, 0.25) is 0 Å². The topological polar surface area (TPSA) is 55.1 Å². The quantitative estimate of drug-likeness (QED) is 0.562. The second-order valence-electron chi connectivity index (χ2n) is 2.63. The van der Waals surface area contributed by atoms with E-state index in [0.29, 0.717) is 11.2 Å². The molecule has 1 rings (SSSR count). The average Bonchev–Trinajstić information content (AvgIpc) is 1.93. The summed E-state index contributed by atoms with van der Waals surface area (Å²) in [6, 6.07) is 0.352. The summed E-state index contributed by atoms with van der Waals surface area (Å²) in [5, 5.41) is 3.33. The minimum atomic E-state index is -0.600. The molecular formula is C6H12N2OS2. The van der Waals surface area contributed by atoms with Crippen molar-refractivity contribution in [3.05, 3.63) is 0 Å². The third-order valence-electron chi connectivity index (χ3n) is 1.73. The molecule has 0 amide bonds. The Morgan fingerprint density at radius 3 is 2.55 bits per heavy atom. The van der Waals surface area contributed by atoms with Crippen LogP contribution in [0.3, 0.4) is 0 Å². The van der Waals surface area contributed by atoms with Crippen LogP contribution in [-0.2, 0) is 10.8 Å². The molecule has 1 heterocycles. The fraction of sp³-hybridized carbons (Fsp3) is 0.833. The minimum absolute atomic E-state index is 0.350. The van der Waals surface area contributed by atoms with E-state index in [1.54, 1.807) is 0 Å². The molecule has 0 radical (unpaired) electrons. The molecule has 0 aromatic carbocycles. The van der Waals surface area contributed by atoms with Crippen LogP contribution in [0.1, 0.15) is 12.8 Å². The second kappa shape index (κ2) is 4.01. The molecule has 1 aliphatic heterocycles. The zero-order valence-electron chi connectivity index (χ0n) is 6.21. The van der Waals surface area contributed by atoms with E-state index in [4.69, 9.17) is 18.0 Å². The summed E-state index contributed by atoms with van der Waals surface area (Å²) < 4.78 is 10.9. The van der Waals surface area contributed by atoms with Crippen LogP contribution in [0.5, 0.6) is 0 Å². The number of nitrogens with one attached hydrogen (secondary N) is 1. The van der Waals surface area contributed by atoms with E-state index in [1.807, 2.05) is 0 Å². The van der Waals surface area contributed by atoms with Crippen LogP contribution in [-0.4, -0.2) is 26.9 Å². The van der Waals surface area contributed by atoms with Gasteiger partial charge in [0.2, 0.25) is 0 Å². The molecule has 1 fully saturated rings. The Morgan fingerprint density at radius 1 is 1.55 bits per heavy atom. The summed E-state index contributed by atoms with van der Waals surface area (Å²) in [5.74, 6) is 1.56. The molecule has 3 nitrogen and oxygen atoms in total. The van der Waals surface area contributed by atoms with Crippen LogP contribution < -0.4 is 11.1 Å². The van der Waals surface area contributed by atoms with Gasteiger partial charge in [-0.15, -0.1) is 0 Å². The highest BCUT2D eigenvalue weighted by Gasteiger charge is 2.17. The maximum atomic E-state index is 10.9. The fourth-order valence-electron chi connectivity index (χ4n) is 1.14. The minimum Gasteiger partial charge on any atom is -0.376 e. The van der Waals surface area contributed by atoms with Crippen molar-refractivity contribution in [2.45, 2.75) is 18.9 Å². The smallest absolute Gasteiger partial charge is 0.163 e. The van der Waals surface area contributed by atoms with Gasteiger partial charge in [-0.3, -0.25) is 4.21 Å². The van der Waals surface area contributed by atoms with Crippen molar-refractivity contribution >= 4 is 28.1 Å². The average molecular weight is 192 g/mol. The molecule has 0 aromatic heterocycles. The lowest BCUT2D eigenvalue weighted by molar-refractivity contribution is 0.552. The Morgan fingerprint density at radius 2 is 2.09 bits per heavy atom. The number of rotatable bonds is 1. The van der Waals surface area contributed by atoms with Crippen LogP contribution in [0, 0.1) is 0 Å². The number of nitrogens with two attached hydrogens (primary N) is 1. The molecule has 1 saturated heterocycles. The number of hydrogen-bond acceptors (Lipinski definition) is 2. The largest absolute Gasteiger partial charge is 0.376 e. The lowest BCUT2D eigenvalue weighted by Gasteiger charge is -2.22. The first-order chi connectivity index (χ1) is 5.18. The molecule has 1 aliphatic rings. The first-order valence-corrected chi connectivity index (χ1v) is 5.49. The van der Waals surface area contributed by atoms with Crippen LogP contribution in [0.4, 0.5) is 0 Å². The zero-order chi connectivity index (χ0) is 8.27. The second-order valence-corrected chi connectivity index (χ2v) is 4.77. The Balaban J connectivity index is 2.28. The highest BCUT2D eigenvalue weighted by Crippen LogP contribution is 2.08. The molecule has 0 bridgehead atoms. The molecule has 0 saturated carbocycles. The van der Waals surface area contributed by atoms with Gasteiger partial charge < -0.3 is 11.1 Å². The molecule has 0 atom stereocenters. The van der Waals surface area contributed by atoms with Crippen molar-refractivity contribution in [1.82, 2.24) is 5.32 Å². The Hall–Kier alpha value is -0.160. The van der Waals surface area contributed by atoms with Gasteiger partial charge in [-0.1, -0.05) is 0 Å². The van der Waals surface area contributed by atoms with Gasteiger partial charge in [-0.05, 0) is 25.1 Å². The Labute approximate surface area is 74.2 Å². The summed E-state index contributed by atoms with van der Waals surface area (Å²) >= 11 is 4.70. The molecular weight excluding hydrogens is 180 g/mol. The van der Waals surface area contributed by atoms with Crippen LogP contribution in [0.15, 0.2) is 0 Å². The summed E-state index contributed by atoms with van der Waals surface area (Å²) in [4.78, 5) is 0. The van der Waals surface area contributed by atoms with E-state index in [-0.39, 0.29) is 0 Å². The third kappa shape index (κ3) is 3.16. The highest BCUT2D eigenvalue weighted by molar-refractivity contribution is 7.85. The molecule has 3 N–H and O–H groups in total. The van der Waals surface area contributed by atoms with E-state index < -0.39 is 10.8 Å². The zero-order valence-corrected chi connectivity index (χ0v) is 7.84. The molecule has 5 heteroatoms. The first kappa shape index (κ1) is 8.93. The predicted molar refractivity (Wildman–Crippen MR) is 50.8 cm³/mol. The monoisotopic (exact) mass is 192 g/mol. The van der Waals surface area contributed by atoms with Gasteiger partial charge in [-0.2, -0.15) is 0 Å². The van der Waals surface area contributed by atoms with E-state index in [0.717, 1.165) is 24.3 Å². The molecule has 11 heavy (non-hydrogen) atoms. The van der Waals surface area contributed by atoms with Crippen molar-refractivity contribution in [2.75, 3.05) is 11.5 Å². The molecule has 64 valence electrons. The van der Waals surface area contributed by atoms with Crippen molar-refractivity contribution in [3.8, 4) is 0 Å². The van der Waals surface area contributed by atoms with Crippen molar-refractivity contribution < 1.29 is 4.21 Å². The summed E-state index contributed by atoms with van der Waals surface area (Å²) in [7, 11) is -0.600. The lowest BCUT2D eigenvalue weighted by Crippen LogP contribution is -2.42. The molecule has 0 unspecified atom stereocenters. The van der Waals surface area contributed by atoms with Gasteiger partial charge in [0.05, 0.1) is 0 Å². The SMILES string of the molecule is NC(=S)NC1CCS(=O)CC1. The van der Waals surface area contributed by atoms with Crippen LogP contribution >= 0.6 is 12.2 Å². The maximum absolute atomic E-state index is 10.9. The van der Waals surface area contributed by atoms with Gasteiger partial charge >= 0.3 is 0 Å². The van der Waals surface area contributed by atoms with Gasteiger partial charge in [0.1, 0.15) is 0 Å². The summed E-state index contributed by atoms with van der Waals surface area (Å²) in [6.07, 6.45) is 1.84. The third-order valence-corrected chi connectivity index (χ3v) is 3.23. The van der Waals surface area contributed by atoms with E-state index in [9.17, 15) is 4.21 Å². The lowest BCUT2D eigenvalue weighted by atomic mass is 10.2. The maximum Gasteiger partial charge on any atom is 0.163 e. The van der Waals surface area contributed by atoms with Crippen molar-refractivity contribution in [1.29, 1.82) is 0 Å². The summed E-state index contributed by atoms with van der Waals surface area (Å²) in [6.45, 7) is 0. The number of hydrogen-bond donors (Lipinski definition) is 2. The highest BCUT2D eigenvalue weighted by atomic mass is 32.2. The van der Waals surface area contributed by atoms with Gasteiger partial charge in [-0.25, -0.2) is 0 Å². The molecule has 0 aromatic rings. The number of thiocarbonyl (C=S) groups is 1. The van der Waals surface area contributed by atoms with Crippen molar-refractivity contribution in [2.24, 2.45) is 5.73 Å². The van der Waals surface area contributed by atoms with Crippen molar-refractivity contribution in [3.63, 3.8) is 0 Å². The Kier molecular flexibility index (Phi) is 3.26. The normalized spacial score (nSPS) is 31.3.